The standard InChI is InChI=1S/C15H16N4O3/c1-19(8-11-3-2-6-22-11)9-14(20)16-10-4-5-12-13(7-10)18-15(21)17-12/h2-7H,8-9H2,1H3,(H,16,20)(H2,17,18,21). The number of aromatic amines is 2. The van der Waals surface area contributed by atoms with E-state index < -0.39 is 0 Å². The van der Waals surface area contributed by atoms with Crippen molar-refractivity contribution < 1.29 is 9.21 Å². The Balaban J connectivity index is 1.61. The molecule has 2 aromatic heterocycles. The number of benzene rings is 1. The van der Waals surface area contributed by atoms with E-state index in [2.05, 4.69) is 15.3 Å². The number of carbonyl (C=O) groups is 1. The van der Waals surface area contributed by atoms with Crippen LogP contribution in [-0.2, 0) is 11.3 Å². The SMILES string of the molecule is CN(CC(=O)Nc1ccc2[nH]c(=O)[nH]c2c1)Cc1ccco1. The molecule has 3 N–H and O–H groups in total. The third-order valence-corrected chi connectivity index (χ3v) is 3.22. The van der Waals surface area contributed by atoms with Crippen LogP contribution in [0.3, 0.4) is 0 Å². The fourth-order valence-corrected chi connectivity index (χ4v) is 2.28. The maximum absolute atomic E-state index is 12.0. The summed E-state index contributed by atoms with van der Waals surface area (Å²) in [5.41, 5.74) is 1.74. The fraction of sp³-hybridized carbons (Fsp3) is 0.200. The number of anilines is 1. The van der Waals surface area contributed by atoms with E-state index in [1.54, 1.807) is 24.5 Å². The number of hydrogen-bond acceptors (Lipinski definition) is 4. The highest BCUT2D eigenvalue weighted by Gasteiger charge is 2.09. The predicted molar refractivity (Wildman–Crippen MR) is 82.6 cm³/mol. The van der Waals surface area contributed by atoms with E-state index in [4.69, 9.17) is 4.42 Å². The fourth-order valence-electron chi connectivity index (χ4n) is 2.28. The smallest absolute Gasteiger partial charge is 0.323 e. The molecule has 0 spiro atoms. The van der Waals surface area contributed by atoms with Gasteiger partial charge in [0.1, 0.15) is 5.76 Å². The summed E-state index contributed by atoms with van der Waals surface area (Å²) in [7, 11) is 1.84. The first-order valence-electron chi connectivity index (χ1n) is 6.83. The lowest BCUT2D eigenvalue weighted by Gasteiger charge is -2.14. The molecule has 1 aromatic carbocycles. The first-order chi connectivity index (χ1) is 10.6. The molecule has 3 rings (SSSR count). The van der Waals surface area contributed by atoms with Gasteiger partial charge in [-0.25, -0.2) is 4.79 Å². The van der Waals surface area contributed by atoms with Crippen LogP contribution in [0.15, 0.2) is 45.8 Å². The Labute approximate surface area is 125 Å². The molecule has 0 unspecified atom stereocenters. The molecule has 0 aliphatic rings. The van der Waals surface area contributed by atoms with Gasteiger partial charge < -0.3 is 19.7 Å². The van der Waals surface area contributed by atoms with Crippen LogP contribution in [0, 0.1) is 0 Å². The number of nitrogens with zero attached hydrogens (tertiary/aromatic N) is 1. The van der Waals surface area contributed by atoms with E-state index in [1.165, 1.54) is 0 Å². The summed E-state index contributed by atoms with van der Waals surface area (Å²) < 4.78 is 5.24. The number of furan rings is 1. The van der Waals surface area contributed by atoms with Crippen molar-refractivity contribution in [2.75, 3.05) is 18.9 Å². The maximum atomic E-state index is 12.0. The molecule has 0 aliphatic heterocycles. The van der Waals surface area contributed by atoms with Crippen molar-refractivity contribution >= 4 is 22.6 Å². The summed E-state index contributed by atoms with van der Waals surface area (Å²) in [6.07, 6.45) is 1.61. The van der Waals surface area contributed by atoms with Gasteiger partial charge in [-0.05, 0) is 37.4 Å². The third kappa shape index (κ3) is 3.26. The molecular weight excluding hydrogens is 284 g/mol. The lowest BCUT2D eigenvalue weighted by atomic mass is 10.2. The van der Waals surface area contributed by atoms with Crippen molar-refractivity contribution in [2.24, 2.45) is 0 Å². The summed E-state index contributed by atoms with van der Waals surface area (Å²) in [4.78, 5) is 30.4. The Morgan fingerprint density at radius 1 is 1.27 bits per heavy atom. The van der Waals surface area contributed by atoms with Gasteiger partial charge in [0.15, 0.2) is 0 Å². The molecule has 0 atom stereocenters. The largest absolute Gasteiger partial charge is 0.468 e. The Hall–Kier alpha value is -2.80. The molecule has 7 heteroatoms. The summed E-state index contributed by atoms with van der Waals surface area (Å²) in [5, 5.41) is 2.81. The molecule has 0 aliphatic carbocycles. The molecular formula is C15H16N4O3. The van der Waals surface area contributed by atoms with Crippen LogP contribution in [0.5, 0.6) is 0 Å². The number of likely N-dealkylation sites (N-methyl/N-ethyl adjacent to an activating group) is 1. The van der Waals surface area contributed by atoms with E-state index in [9.17, 15) is 9.59 Å². The average Bonchev–Trinajstić information content (AvgIpc) is 3.06. The van der Waals surface area contributed by atoms with Crippen molar-refractivity contribution in [3.63, 3.8) is 0 Å². The van der Waals surface area contributed by atoms with Gasteiger partial charge in [0.05, 0.1) is 30.4 Å². The second kappa shape index (κ2) is 5.90. The van der Waals surface area contributed by atoms with Crippen LogP contribution < -0.4 is 11.0 Å². The highest BCUT2D eigenvalue weighted by Crippen LogP contribution is 2.14. The monoisotopic (exact) mass is 300 g/mol. The minimum absolute atomic E-state index is 0.133. The molecule has 114 valence electrons. The van der Waals surface area contributed by atoms with E-state index >= 15 is 0 Å². The summed E-state index contributed by atoms with van der Waals surface area (Å²) in [6.45, 7) is 0.799. The number of fused-ring (bicyclic) bond motifs is 1. The summed E-state index contributed by atoms with van der Waals surface area (Å²) in [6, 6.07) is 8.89. The van der Waals surface area contributed by atoms with Gasteiger partial charge in [0, 0.05) is 5.69 Å². The molecule has 1 amide bonds. The molecule has 0 fully saturated rings. The van der Waals surface area contributed by atoms with Crippen LogP contribution in [0.2, 0.25) is 0 Å². The number of hydrogen-bond donors (Lipinski definition) is 3. The molecule has 0 saturated carbocycles. The summed E-state index contributed by atoms with van der Waals surface area (Å²) >= 11 is 0. The van der Waals surface area contributed by atoms with E-state index in [0.29, 0.717) is 23.3 Å². The Kier molecular flexibility index (Phi) is 3.80. The van der Waals surface area contributed by atoms with Crippen LogP contribution in [0.1, 0.15) is 5.76 Å². The van der Waals surface area contributed by atoms with E-state index in [1.807, 2.05) is 24.1 Å². The molecule has 0 bridgehead atoms. The highest BCUT2D eigenvalue weighted by atomic mass is 16.3. The topological polar surface area (TPSA) is 94.1 Å². The Morgan fingerprint density at radius 2 is 2.09 bits per heavy atom. The lowest BCUT2D eigenvalue weighted by molar-refractivity contribution is -0.117. The van der Waals surface area contributed by atoms with Gasteiger partial charge in [-0.15, -0.1) is 0 Å². The molecule has 3 aromatic rings. The van der Waals surface area contributed by atoms with Gasteiger partial charge >= 0.3 is 5.69 Å². The quantitative estimate of drug-likeness (QED) is 0.666. The third-order valence-electron chi connectivity index (χ3n) is 3.22. The zero-order chi connectivity index (χ0) is 15.5. The first kappa shape index (κ1) is 14.2. The van der Waals surface area contributed by atoms with Crippen LogP contribution in [0.25, 0.3) is 11.0 Å². The van der Waals surface area contributed by atoms with Crippen molar-refractivity contribution in [2.45, 2.75) is 6.54 Å². The number of aromatic nitrogens is 2. The number of rotatable bonds is 5. The normalized spacial score (nSPS) is 11.2. The Bertz CT molecular complexity index is 832. The molecule has 22 heavy (non-hydrogen) atoms. The molecule has 0 radical (unpaired) electrons. The average molecular weight is 300 g/mol. The van der Waals surface area contributed by atoms with Crippen molar-refractivity contribution in [3.8, 4) is 0 Å². The second-order valence-electron chi connectivity index (χ2n) is 5.14. The van der Waals surface area contributed by atoms with Gasteiger partial charge in [0.2, 0.25) is 5.91 Å². The maximum Gasteiger partial charge on any atom is 0.323 e. The van der Waals surface area contributed by atoms with Crippen molar-refractivity contribution in [3.05, 3.63) is 52.8 Å². The van der Waals surface area contributed by atoms with Gasteiger partial charge in [-0.1, -0.05) is 0 Å². The Morgan fingerprint density at radius 3 is 2.86 bits per heavy atom. The van der Waals surface area contributed by atoms with Gasteiger partial charge in [0.25, 0.3) is 0 Å². The number of nitrogens with one attached hydrogen (secondary N) is 3. The second-order valence-corrected chi connectivity index (χ2v) is 5.14. The van der Waals surface area contributed by atoms with Crippen molar-refractivity contribution in [1.29, 1.82) is 0 Å². The van der Waals surface area contributed by atoms with Crippen molar-refractivity contribution in [1.82, 2.24) is 14.9 Å². The van der Waals surface area contributed by atoms with E-state index in [0.717, 1.165) is 5.76 Å². The number of imidazole rings is 1. The molecule has 2 heterocycles. The van der Waals surface area contributed by atoms with E-state index in [-0.39, 0.29) is 18.1 Å². The minimum atomic E-state index is -0.267. The molecule has 0 saturated heterocycles. The minimum Gasteiger partial charge on any atom is -0.468 e. The first-order valence-corrected chi connectivity index (χ1v) is 6.83. The predicted octanol–water partition coefficient (Wildman–Crippen LogP) is 1.52. The van der Waals surface area contributed by atoms with Gasteiger partial charge in [-0.2, -0.15) is 0 Å². The molecule has 7 nitrogen and oxygen atoms in total. The number of H-pyrrole nitrogens is 2. The zero-order valence-electron chi connectivity index (χ0n) is 12.1. The lowest BCUT2D eigenvalue weighted by Crippen LogP contribution is -2.29. The number of amides is 1. The van der Waals surface area contributed by atoms with Crippen LogP contribution in [0.4, 0.5) is 5.69 Å². The van der Waals surface area contributed by atoms with Crippen LogP contribution >= 0.6 is 0 Å². The number of carbonyl (C=O) groups excluding carboxylic acids is 1. The van der Waals surface area contributed by atoms with Crippen LogP contribution in [-0.4, -0.2) is 34.4 Å². The highest BCUT2D eigenvalue weighted by molar-refractivity contribution is 5.94. The zero-order valence-corrected chi connectivity index (χ0v) is 12.1. The van der Waals surface area contributed by atoms with Gasteiger partial charge in [-0.3, -0.25) is 9.69 Å². The summed E-state index contributed by atoms with van der Waals surface area (Å²) in [5.74, 6) is 0.674.